The molecule has 0 spiro atoms. The lowest BCUT2D eigenvalue weighted by Gasteiger charge is -2.21. The second-order valence-electron chi connectivity index (χ2n) is 4.57. The van der Waals surface area contributed by atoms with Gasteiger partial charge in [0.05, 0.1) is 6.04 Å². The van der Waals surface area contributed by atoms with Crippen LogP contribution in [-0.4, -0.2) is 6.54 Å². The van der Waals surface area contributed by atoms with E-state index in [1.54, 1.807) is 6.07 Å². The Morgan fingerprint density at radius 2 is 1.95 bits per heavy atom. The summed E-state index contributed by atoms with van der Waals surface area (Å²) in [6.07, 6.45) is 0.982. The van der Waals surface area contributed by atoms with Crippen LogP contribution in [0.25, 0.3) is 0 Å². The minimum Gasteiger partial charge on any atom is -0.306 e. The molecular weight excluding hydrogens is 341 g/mol. The molecule has 0 amide bonds. The van der Waals surface area contributed by atoms with Gasteiger partial charge in [-0.1, -0.05) is 58.7 Å². The second-order valence-corrected chi connectivity index (χ2v) is 5.87. The molecule has 1 unspecified atom stereocenters. The number of nitrogens with one attached hydrogen (secondary N) is 1. The molecule has 1 atom stereocenters. The van der Waals surface area contributed by atoms with Crippen molar-refractivity contribution >= 4 is 27.5 Å². The van der Waals surface area contributed by atoms with Gasteiger partial charge in [0.25, 0.3) is 0 Å². The van der Waals surface area contributed by atoms with Gasteiger partial charge in [-0.3, -0.25) is 0 Å². The number of rotatable bonds is 5. The minimum atomic E-state index is -0.206. The van der Waals surface area contributed by atoms with Crippen LogP contribution in [0.1, 0.15) is 30.5 Å². The van der Waals surface area contributed by atoms with E-state index in [1.807, 2.05) is 30.3 Å². The number of hydrogen-bond acceptors (Lipinski definition) is 1. The van der Waals surface area contributed by atoms with Crippen LogP contribution in [0.2, 0.25) is 5.02 Å². The fourth-order valence-electron chi connectivity index (χ4n) is 2.12. The van der Waals surface area contributed by atoms with E-state index in [4.69, 9.17) is 11.6 Å². The van der Waals surface area contributed by atoms with Crippen molar-refractivity contribution in [3.05, 3.63) is 68.9 Å². The first-order valence-electron chi connectivity index (χ1n) is 6.56. The zero-order valence-electron chi connectivity index (χ0n) is 11.2. The Balaban J connectivity index is 2.44. The van der Waals surface area contributed by atoms with Gasteiger partial charge < -0.3 is 5.32 Å². The first kappa shape index (κ1) is 15.5. The smallest absolute Gasteiger partial charge is 0.128 e. The molecule has 1 N–H and O–H groups in total. The lowest BCUT2D eigenvalue weighted by Crippen LogP contribution is -2.24. The molecule has 20 heavy (non-hydrogen) atoms. The third kappa shape index (κ3) is 3.60. The monoisotopic (exact) mass is 355 g/mol. The Morgan fingerprint density at radius 1 is 1.20 bits per heavy atom. The summed E-state index contributed by atoms with van der Waals surface area (Å²) < 4.78 is 15.0. The average molecular weight is 357 g/mol. The summed E-state index contributed by atoms with van der Waals surface area (Å²) in [4.78, 5) is 0. The molecule has 0 bridgehead atoms. The molecular formula is C16H16BrClFN. The van der Waals surface area contributed by atoms with Crippen LogP contribution in [0.3, 0.4) is 0 Å². The summed E-state index contributed by atoms with van der Waals surface area (Å²) in [6.45, 7) is 2.90. The zero-order valence-corrected chi connectivity index (χ0v) is 13.5. The normalized spacial score (nSPS) is 12.4. The van der Waals surface area contributed by atoms with Gasteiger partial charge in [0.15, 0.2) is 0 Å². The standard InChI is InChI=1S/C16H16BrClFN/c1-2-9-20-16(13-5-3-4-6-15(13)19)12-8-7-11(18)10-14(12)17/h3-8,10,16,20H,2,9H2,1H3. The summed E-state index contributed by atoms with van der Waals surface area (Å²) >= 11 is 9.49. The van der Waals surface area contributed by atoms with Gasteiger partial charge in [0, 0.05) is 15.1 Å². The molecule has 0 heterocycles. The number of halogens is 3. The molecule has 2 aromatic carbocycles. The van der Waals surface area contributed by atoms with Crippen LogP contribution in [-0.2, 0) is 0 Å². The van der Waals surface area contributed by atoms with E-state index in [2.05, 4.69) is 28.2 Å². The van der Waals surface area contributed by atoms with E-state index >= 15 is 0 Å². The average Bonchev–Trinajstić information content (AvgIpc) is 2.42. The summed E-state index contributed by atoms with van der Waals surface area (Å²) in [5, 5.41) is 4.05. The zero-order chi connectivity index (χ0) is 14.5. The van der Waals surface area contributed by atoms with Gasteiger partial charge in [-0.2, -0.15) is 0 Å². The molecule has 4 heteroatoms. The van der Waals surface area contributed by atoms with E-state index in [9.17, 15) is 4.39 Å². The van der Waals surface area contributed by atoms with Crippen molar-refractivity contribution < 1.29 is 4.39 Å². The highest BCUT2D eigenvalue weighted by Crippen LogP contribution is 2.31. The van der Waals surface area contributed by atoms with Crippen LogP contribution in [0.4, 0.5) is 4.39 Å². The van der Waals surface area contributed by atoms with E-state index in [1.165, 1.54) is 6.07 Å². The molecule has 2 aromatic rings. The maximum atomic E-state index is 14.1. The van der Waals surface area contributed by atoms with Gasteiger partial charge in [-0.25, -0.2) is 4.39 Å². The summed E-state index contributed by atoms with van der Waals surface area (Å²) in [7, 11) is 0. The van der Waals surface area contributed by atoms with Gasteiger partial charge in [0.1, 0.15) is 5.82 Å². The van der Waals surface area contributed by atoms with Crippen molar-refractivity contribution in [1.29, 1.82) is 0 Å². The Labute approximate surface area is 132 Å². The highest BCUT2D eigenvalue weighted by atomic mass is 79.9. The van der Waals surface area contributed by atoms with Gasteiger partial charge >= 0.3 is 0 Å². The first-order valence-corrected chi connectivity index (χ1v) is 7.73. The van der Waals surface area contributed by atoms with Crippen LogP contribution in [0.15, 0.2) is 46.9 Å². The van der Waals surface area contributed by atoms with Gasteiger partial charge in [0.2, 0.25) is 0 Å². The van der Waals surface area contributed by atoms with E-state index < -0.39 is 0 Å². The Kier molecular flexibility index (Phi) is 5.58. The van der Waals surface area contributed by atoms with E-state index in [0.717, 1.165) is 23.0 Å². The Morgan fingerprint density at radius 3 is 2.60 bits per heavy atom. The minimum absolute atomic E-state index is 0.192. The highest BCUT2D eigenvalue weighted by Gasteiger charge is 2.19. The molecule has 0 saturated carbocycles. The Bertz CT molecular complexity index is 588. The third-order valence-corrected chi connectivity index (χ3v) is 4.01. The molecule has 0 saturated heterocycles. The molecule has 0 aliphatic heterocycles. The first-order chi connectivity index (χ1) is 9.63. The van der Waals surface area contributed by atoms with Crippen molar-refractivity contribution in [2.75, 3.05) is 6.54 Å². The predicted molar refractivity (Wildman–Crippen MR) is 85.7 cm³/mol. The lowest BCUT2D eigenvalue weighted by molar-refractivity contribution is 0.546. The number of benzene rings is 2. The van der Waals surface area contributed by atoms with Gasteiger partial charge in [-0.05, 0) is 36.7 Å². The molecule has 0 fully saturated rings. The fourth-order valence-corrected chi connectivity index (χ4v) is 3.03. The summed E-state index contributed by atoms with van der Waals surface area (Å²) in [5.41, 5.74) is 1.62. The second kappa shape index (κ2) is 7.21. The predicted octanol–water partition coefficient (Wildman–Crippen LogP) is 5.33. The lowest BCUT2D eigenvalue weighted by atomic mass is 9.98. The van der Waals surface area contributed by atoms with E-state index in [-0.39, 0.29) is 11.9 Å². The molecule has 0 aliphatic carbocycles. The van der Waals surface area contributed by atoms with Crippen LogP contribution >= 0.6 is 27.5 Å². The van der Waals surface area contributed by atoms with Crippen molar-refractivity contribution in [1.82, 2.24) is 5.32 Å². The largest absolute Gasteiger partial charge is 0.306 e. The van der Waals surface area contributed by atoms with Crippen molar-refractivity contribution in [3.63, 3.8) is 0 Å². The maximum Gasteiger partial charge on any atom is 0.128 e. The molecule has 0 aromatic heterocycles. The van der Waals surface area contributed by atoms with Crippen LogP contribution in [0, 0.1) is 5.82 Å². The maximum absolute atomic E-state index is 14.1. The van der Waals surface area contributed by atoms with Gasteiger partial charge in [-0.15, -0.1) is 0 Å². The molecule has 0 radical (unpaired) electrons. The van der Waals surface area contributed by atoms with Crippen molar-refractivity contribution in [2.24, 2.45) is 0 Å². The summed E-state index contributed by atoms with van der Waals surface area (Å²) in [5.74, 6) is -0.206. The van der Waals surface area contributed by atoms with Crippen molar-refractivity contribution in [2.45, 2.75) is 19.4 Å². The van der Waals surface area contributed by atoms with Crippen LogP contribution < -0.4 is 5.32 Å². The Hall–Kier alpha value is -0.900. The van der Waals surface area contributed by atoms with Crippen molar-refractivity contribution in [3.8, 4) is 0 Å². The molecule has 2 rings (SSSR count). The fraction of sp³-hybridized carbons (Fsp3) is 0.250. The molecule has 1 nitrogen and oxygen atoms in total. The van der Waals surface area contributed by atoms with Crippen LogP contribution in [0.5, 0.6) is 0 Å². The third-order valence-electron chi connectivity index (χ3n) is 3.09. The molecule has 106 valence electrons. The van der Waals surface area contributed by atoms with E-state index in [0.29, 0.717) is 10.6 Å². The summed E-state index contributed by atoms with van der Waals surface area (Å²) in [6, 6.07) is 12.2. The molecule has 0 aliphatic rings. The SMILES string of the molecule is CCCNC(c1ccccc1F)c1ccc(Cl)cc1Br. The quantitative estimate of drug-likeness (QED) is 0.763. The topological polar surface area (TPSA) is 12.0 Å². The highest BCUT2D eigenvalue weighted by molar-refractivity contribution is 9.10. The number of hydrogen-bond donors (Lipinski definition) is 1.